The molecule has 7 heteroatoms. The van der Waals surface area contributed by atoms with Crippen molar-refractivity contribution < 1.29 is 14.7 Å². The van der Waals surface area contributed by atoms with Crippen molar-refractivity contribution in [2.45, 2.75) is 44.1 Å². The average molecular weight is 552 g/mol. The predicted octanol–water partition coefficient (Wildman–Crippen LogP) is 6.29. The Kier molecular flexibility index (Phi) is 7.80. The standard InChI is InChI=1S/C31H32Cl2N2O3/c1-21-20-35(29(36)18-22-12-13-23(32)19-28(22)33)17-16-34(21)15-7-6-14-31(30(37)38)26-10-4-2-8-24(26)25-9-3-5-11-27(25)31/h2-5,8-13,19,21H,6-7,14-18,20H2,1H3,(H,37,38)/t21-/m0/s1. The Bertz CT molecular complexity index is 1310. The monoisotopic (exact) mass is 550 g/mol. The van der Waals surface area contributed by atoms with Crippen LogP contribution in [-0.4, -0.2) is 59.0 Å². The minimum Gasteiger partial charge on any atom is -0.480 e. The average Bonchev–Trinajstić information content (AvgIpc) is 3.20. The van der Waals surface area contributed by atoms with Crippen molar-refractivity contribution in [2.24, 2.45) is 0 Å². The number of fused-ring (bicyclic) bond motifs is 3. The van der Waals surface area contributed by atoms with Gasteiger partial charge in [0.25, 0.3) is 0 Å². The fraction of sp³-hybridized carbons (Fsp3) is 0.355. The highest BCUT2D eigenvalue weighted by atomic mass is 35.5. The second-order valence-corrected chi connectivity index (χ2v) is 11.2. The first-order valence-electron chi connectivity index (χ1n) is 13.2. The molecule has 5 nitrogen and oxygen atoms in total. The van der Waals surface area contributed by atoms with Gasteiger partial charge < -0.3 is 10.0 Å². The van der Waals surface area contributed by atoms with Crippen LogP contribution in [0.1, 0.15) is 42.9 Å². The van der Waals surface area contributed by atoms with Gasteiger partial charge in [0.2, 0.25) is 5.91 Å². The van der Waals surface area contributed by atoms with E-state index < -0.39 is 11.4 Å². The fourth-order valence-electron chi connectivity index (χ4n) is 6.13. The van der Waals surface area contributed by atoms with Crippen molar-refractivity contribution >= 4 is 35.1 Å². The molecule has 0 spiro atoms. The summed E-state index contributed by atoms with van der Waals surface area (Å²) >= 11 is 12.2. The summed E-state index contributed by atoms with van der Waals surface area (Å²) in [6, 6.07) is 21.3. The molecular formula is C31H32Cl2N2O3. The lowest BCUT2D eigenvalue weighted by molar-refractivity contribution is -0.142. The van der Waals surface area contributed by atoms with Crippen LogP contribution in [0.25, 0.3) is 11.1 Å². The Balaban J connectivity index is 1.18. The molecule has 0 radical (unpaired) electrons. The van der Waals surface area contributed by atoms with Crippen LogP contribution in [-0.2, 0) is 21.4 Å². The molecule has 2 aliphatic rings. The molecule has 3 aromatic rings. The van der Waals surface area contributed by atoms with Crippen molar-refractivity contribution in [3.63, 3.8) is 0 Å². The van der Waals surface area contributed by atoms with Gasteiger partial charge in [0.15, 0.2) is 0 Å². The van der Waals surface area contributed by atoms with Crippen LogP contribution in [0.4, 0.5) is 0 Å². The molecule has 1 saturated heterocycles. The zero-order chi connectivity index (χ0) is 26.9. The minimum absolute atomic E-state index is 0.0719. The maximum absolute atomic E-state index is 12.9. The Labute approximate surface area is 234 Å². The molecule has 1 amide bonds. The van der Waals surface area contributed by atoms with Crippen molar-refractivity contribution in [2.75, 3.05) is 26.2 Å². The number of carbonyl (C=O) groups is 2. The third-order valence-corrected chi connectivity index (χ3v) is 8.74. The van der Waals surface area contributed by atoms with Crippen molar-refractivity contribution in [1.29, 1.82) is 0 Å². The van der Waals surface area contributed by atoms with Gasteiger partial charge in [-0.3, -0.25) is 14.5 Å². The van der Waals surface area contributed by atoms with Gasteiger partial charge in [-0.1, -0.05) is 84.2 Å². The largest absolute Gasteiger partial charge is 0.480 e. The molecule has 1 heterocycles. The lowest BCUT2D eigenvalue weighted by Crippen LogP contribution is -2.54. The summed E-state index contributed by atoms with van der Waals surface area (Å²) < 4.78 is 0. The highest BCUT2D eigenvalue weighted by Crippen LogP contribution is 2.51. The second kappa shape index (κ2) is 11.1. The van der Waals surface area contributed by atoms with Crippen molar-refractivity contribution in [3.8, 4) is 11.1 Å². The Morgan fingerprint density at radius 2 is 1.61 bits per heavy atom. The number of rotatable bonds is 8. The third-order valence-electron chi connectivity index (χ3n) is 8.15. The molecule has 38 heavy (non-hydrogen) atoms. The second-order valence-electron chi connectivity index (χ2n) is 10.4. The summed E-state index contributed by atoms with van der Waals surface area (Å²) in [4.78, 5) is 30.0. The van der Waals surface area contributed by atoms with Gasteiger partial charge in [-0.2, -0.15) is 0 Å². The topological polar surface area (TPSA) is 60.9 Å². The summed E-state index contributed by atoms with van der Waals surface area (Å²) in [7, 11) is 0. The lowest BCUT2D eigenvalue weighted by atomic mass is 9.74. The van der Waals surface area contributed by atoms with E-state index in [0.717, 1.165) is 53.7 Å². The van der Waals surface area contributed by atoms with Crippen molar-refractivity contribution in [3.05, 3.63) is 93.5 Å². The minimum atomic E-state index is -1.01. The number of benzene rings is 3. The van der Waals surface area contributed by atoms with Gasteiger partial charge in [-0.25, -0.2) is 0 Å². The molecule has 1 N–H and O–H groups in total. The number of amides is 1. The number of piperazine rings is 1. The van der Waals surface area contributed by atoms with Crippen LogP contribution in [0, 0.1) is 0 Å². The van der Waals surface area contributed by atoms with E-state index in [4.69, 9.17) is 23.2 Å². The van der Waals surface area contributed by atoms with Gasteiger partial charge in [0.1, 0.15) is 5.41 Å². The number of aliphatic carboxylic acids is 1. The summed E-state index contributed by atoms with van der Waals surface area (Å²) in [5, 5.41) is 11.6. The summed E-state index contributed by atoms with van der Waals surface area (Å²) in [6.07, 6.45) is 2.53. The maximum Gasteiger partial charge on any atom is 0.318 e. The number of hydrogen-bond acceptors (Lipinski definition) is 3. The highest BCUT2D eigenvalue weighted by molar-refractivity contribution is 6.35. The predicted molar refractivity (Wildman–Crippen MR) is 152 cm³/mol. The number of unbranched alkanes of at least 4 members (excludes halogenated alkanes) is 1. The van der Waals surface area contributed by atoms with Crippen LogP contribution < -0.4 is 0 Å². The van der Waals surface area contributed by atoms with Gasteiger partial charge in [-0.15, -0.1) is 0 Å². The number of hydrogen-bond donors (Lipinski definition) is 1. The molecule has 5 rings (SSSR count). The van der Waals surface area contributed by atoms with Crippen LogP contribution in [0.3, 0.4) is 0 Å². The Morgan fingerprint density at radius 1 is 0.947 bits per heavy atom. The van der Waals surface area contributed by atoms with Crippen LogP contribution in [0.2, 0.25) is 10.0 Å². The molecule has 1 atom stereocenters. The van der Waals surface area contributed by atoms with E-state index in [1.165, 1.54) is 0 Å². The summed E-state index contributed by atoms with van der Waals surface area (Å²) in [6.45, 7) is 5.18. The SMILES string of the molecule is C[C@H]1CN(C(=O)Cc2ccc(Cl)cc2Cl)CCN1CCCCC1(C(=O)O)c2ccccc2-c2ccccc21. The molecule has 0 bridgehead atoms. The quantitative estimate of drug-likeness (QED) is 0.335. The van der Waals surface area contributed by atoms with Gasteiger partial charge in [-0.05, 0) is 66.3 Å². The van der Waals surface area contributed by atoms with E-state index >= 15 is 0 Å². The molecule has 3 aromatic carbocycles. The van der Waals surface area contributed by atoms with E-state index in [-0.39, 0.29) is 18.4 Å². The number of nitrogens with zero attached hydrogens (tertiary/aromatic N) is 2. The molecule has 1 fully saturated rings. The molecule has 198 valence electrons. The smallest absolute Gasteiger partial charge is 0.318 e. The van der Waals surface area contributed by atoms with Crippen molar-refractivity contribution in [1.82, 2.24) is 9.80 Å². The number of halogens is 2. The first-order valence-corrected chi connectivity index (χ1v) is 14.0. The number of carbonyl (C=O) groups excluding carboxylic acids is 1. The zero-order valence-electron chi connectivity index (χ0n) is 21.5. The third kappa shape index (κ3) is 4.95. The van der Waals surface area contributed by atoms with Crippen LogP contribution in [0.5, 0.6) is 0 Å². The van der Waals surface area contributed by atoms with Gasteiger partial charge in [0, 0.05) is 35.7 Å². The van der Waals surface area contributed by atoms with E-state index in [0.29, 0.717) is 29.6 Å². The van der Waals surface area contributed by atoms with E-state index in [9.17, 15) is 14.7 Å². The van der Waals surface area contributed by atoms with E-state index in [1.807, 2.05) is 59.5 Å². The van der Waals surface area contributed by atoms with E-state index in [2.05, 4.69) is 11.8 Å². The molecular weight excluding hydrogens is 519 g/mol. The molecule has 0 unspecified atom stereocenters. The lowest BCUT2D eigenvalue weighted by Gasteiger charge is -2.40. The van der Waals surface area contributed by atoms with Crippen LogP contribution in [0.15, 0.2) is 66.7 Å². The highest BCUT2D eigenvalue weighted by Gasteiger charge is 2.48. The molecule has 1 aliphatic heterocycles. The zero-order valence-corrected chi connectivity index (χ0v) is 23.0. The molecule has 1 aliphatic carbocycles. The normalized spacial score (nSPS) is 18.2. The fourth-order valence-corrected chi connectivity index (χ4v) is 6.61. The molecule has 0 aromatic heterocycles. The Morgan fingerprint density at radius 3 is 2.21 bits per heavy atom. The maximum atomic E-state index is 12.9. The summed E-state index contributed by atoms with van der Waals surface area (Å²) in [5.74, 6) is -0.709. The van der Waals surface area contributed by atoms with E-state index in [1.54, 1.807) is 12.1 Å². The number of carboxylic acid groups (broad SMARTS) is 1. The van der Waals surface area contributed by atoms with Gasteiger partial charge >= 0.3 is 5.97 Å². The van der Waals surface area contributed by atoms with Gasteiger partial charge in [0.05, 0.1) is 6.42 Å². The first kappa shape index (κ1) is 26.7. The first-order chi connectivity index (χ1) is 18.3. The molecule has 0 saturated carbocycles. The number of carboxylic acids is 1. The summed E-state index contributed by atoms with van der Waals surface area (Å²) in [5.41, 5.74) is 3.63. The van der Waals surface area contributed by atoms with Crippen LogP contribution >= 0.6 is 23.2 Å². The Hall–Kier alpha value is -2.86.